The number of aromatic nitrogens is 1. The van der Waals surface area contributed by atoms with Gasteiger partial charge in [-0.3, -0.25) is 4.79 Å². The van der Waals surface area contributed by atoms with Crippen molar-refractivity contribution in [1.82, 2.24) is 20.1 Å². The molecule has 12 heteroatoms. The van der Waals surface area contributed by atoms with E-state index >= 15 is 0 Å². The molecule has 2 saturated carbocycles. The molecule has 2 aliphatic carbocycles. The lowest BCUT2D eigenvalue weighted by Gasteiger charge is -2.36. The van der Waals surface area contributed by atoms with E-state index in [1.165, 1.54) is 95.0 Å². The second kappa shape index (κ2) is 22.4. The average molecular weight is 863 g/mol. The van der Waals surface area contributed by atoms with Crippen molar-refractivity contribution in [3.8, 4) is 0 Å². The number of alkyl halides is 1. The van der Waals surface area contributed by atoms with Gasteiger partial charge in [-0.2, -0.15) is 0 Å². The van der Waals surface area contributed by atoms with Crippen molar-refractivity contribution in [2.45, 2.75) is 126 Å². The van der Waals surface area contributed by atoms with E-state index in [1.807, 2.05) is 36.4 Å². The largest absolute Gasteiger partial charge is 0.376 e. The van der Waals surface area contributed by atoms with Gasteiger partial charge in [0.25, 0.3) is 0 Å². The number of halogens is 3. The van der Waals surface area contributed by atoms with Gasteiger partial charge in [0.2, 0.25) is 0 Å². The maximum absolute atomic E-state index is 12.2. The molecule has 7 nitrogen and oxygen atoms in total. The predicted molar refractivity (Wildman–Crippen MR) is 243 cm³/mol. The normalized spacial score (nSPS) is 21.9. The van der Waals surface area contributed by atoms with Gasteiger partial charge in [-0.1, -0.05) is 86.0 Å². The van der Waals surface area contributed by atoms with Gasteiger partial charge >= 0.3 is 0 Å². The van der Waals surface area contributed by atoms with Crippen LogP contribution in [0, 0.1) is 0 Å². The summed E-state index contributed by atoms with van der Waals surface area (Å²) in [6.07, 6.45) is 19.2. The molecule has 1 aromatic heterocycles. The Morgan fingerprint density at radius 3 is 1.82 bits per heavy atom. The fraction of sp³-hybridized carbons (Fsp3) is 0.614. The Kier molecular flexibility index (Phi) is 18.0. The Bertz CT molecular complexity index is 1640. The quantitative estimate of drug-likeness (QED) is 0.123. The first kappa shape index (κ1) is 45.1. The number of anilines is 1. The number of benzene rings is 2. The summed E-state index contributed by atoms with van der Waals surface area (Å²) in [5, 5.41) is 11.8. The summed E-state index contributed by atoms with van der Waals surface area (Å²) in [6.45, 7) is 4.40. The van der Waals surface area contributed by atoms with Crippen LogP contribution in [-0.2, 0) is 15.6 Å². The highest BCUT2D eigenvalue weighted by Gasteiger charge is 2.40. The highest BCUT2D eigenvalue weighted by atomic mass is 35.5. The molecule has 2 atom stereocenters. The maximum atomic E-state index is 12.2. The van der Waals surface area contributed by atoms with Crippen LogP contribution in [0.15, 0.2) is 53.9 Å². The topological polar surface area (TPSA) is 86.5 Å². The standard InChI is InChI=1S/C22H30ClN3S.C14H16Cl2O.C8H17N3S/c1-26-15-5-6-19(26)11-14-24-21-25-20(16-27-21)22(12-3-2-4-13-22)17-7-9-18(23)10-8-17;15-10-13(17)14(8-2-1-3-9-14)11-4-6-12(16)7-5-11;1-11-6-2-3-7(11)4-5-10-8(9)12/h7-10,16,19H,2-6,11-15H2,1H3,(H,24,25);4-7H,1-3,8-10H2;7H,2-6H2,1H3,(H3,9,10,12). The Labute approximate surface area is 360 Å². The number of ketones is 1. The monoisotopic (exact) mass is 860 g/mol. The molecule has 308 valence electrons. The third kappa shape index (κ3) is 12.3. The smallest absolute Gasteiger partial charge is 0.182 e. The van der Waals surface area contributed by atoms with Crippen LogP contribution >= 0.6 is 58.4 Å². The minimum Gasteiger partial charge on any atom is -0.376 e. The molecule has 0 amide bonds. The molecular weight excluding hydrogens is 799 g/mol. The van der Waals surface area contributed by atoms with Gasteiger partial charge in [-0.25, -0.2) is 4.98 Å². The van der Waals surface area contributed by atoms with E-state index in [1.54, 1.807) is 11.3 Å². The highest BCUT2D eigenvalue weighted by Crippen LogP contribution is 2.46. The summed E-state index contributed by atoms with van der Waals surface area (Å²) in [7, 11) is 4.43. The lowest BCUT2D eigenvalue weighted by molar-refractivity contribution is -0.123. The first-order chi connectivity index (χ1) is 27.1. The molecule has 0 spiro atoms. The van der Waals surface area contributed by atoms with Gasteiger partial charge in [-0.05, 0) is 139 Å². The summed E-state index contributed by atoms with van der Waals surface area (Å²) < 4.78 is 0. The minimum atomic E-state index is -0.357. The molecule has 2 unspecified atom stereocenters. The number of likely N-dealkylation sites (tertiary alicyclic amines) is 2. The third-order valence-corrected chi connectivity index (χ3v) is 14.4. The van der Waals surface area contributed by atoms with Crippen LogP contribution in [0.2, 0.25) is 10.0 Å². The summed E-state index contributed by atoms with van der Waals surface area (Å²) in [4.78, 5) is 22.2. The van der Waals surface area contributed by atoms with Crippen molar-refractivity contribution < 1.29 is 4.79 Å². The Hall–Kier alpha value is -1.98. The van der Waals surface area contributed by atoms with Crippen LogP contribution in [0.3, 0.4) is 0 Å². The number of thiocarbonyl (C=S) groups is 1. The first-order valence-corrected chi connectivity index (χ1v) is 23.4. The number of nitrogens with zero attached hydrogens (tertiary/aromatic N) is 3. The molecule has 4 aliphatic rings. The summed E-state index contributed by atoms with van der Waals surface area (Å²) in [6, 6.07) is 17.6. The summed E-state index contributed by atoms with van der Waals surface area (Å²) in [5.41, 5.74) is 8.72. The van der Waals surface area contributed by atoms with Crippen molar-refractivity contribution in [3.05, 3.63) is 80.8 Å². The van der Waals surface area contributed by atoms with Crippen LogP contribution < -0.4 is 16.4 Å². The molecule has 4 fully saturated rings. The SMILES string of the molecule is CN1CCCC1CCNC(N)=S.CN1CCCC1CCNc1nc(C2(c3ccc(Cl)cc3)CCCCC2)cs1.O=C(CCl)C1(c2ccc(Cl)cc2)CCCCC1. The van der Waals surface area contributed by atoms with Crippen LogP contribution in [-0.4, -0.2) is 83.9 Å². The van der Waals surface area contributed by atoms with E-state index < -0.39 is 0 Å². The zero-order valence-corrected chi connectivity index (χ0v) is 37.4. The molecule has 3 heterocycles. The molecule has 2 aromatic carbocycles. The van der Waals surface area contributed by atoms with Gasteiger partial charge in [0.05, 0.1) is 17.0 Å². The van der Waals surface area contributed by atoms with E-state index in [4.69, 9.17) is 57.7 Å². The van der Waals surface area contributed by atoms with Gasteiger partial charge in [-0.15, -0.1) is 22.9 Å². The van der Waals surface area contributed by atoms with E-state index in [0.29, 0.717) is 10.1 Å². The van der Waals surface area contributed by atoms with Crippen LogP contribution in [0.25, 0.3) is 0 Å². The second-order valence-corrected chi connectivity index (χ2v) is 18.7. The van der Waals surface area contributed by atoms with Gasteiger partial charge < -0.3 is 26.2 Å². The van der Waals surface area contributed by atoms with Crippen molar-refractivity contribution in [1.29, 1.82) is 0 Å². The molecular formula is C44H63Cl3N6OS2. The van der Waals surface area contributed by atoms with Crippen molar-refractivity contribution in [3.63, 3.8) is 0 Å². The van der Waals surface area contributed by atoms with E-state index in [9.17, 15) is 4.79 Å². The molecule has 56 heavy (non-hydrogen) atoms. The molecule has 7 rings (SSSR count). The number of carbonyl (C=O) groups is 1. The van der Waals surface area contributed by atoms with E-state index in [-0.39, 0.29) is 22.5 Å². The van der Waals surface area contributed by atoms with Crippen molar-refractivity contribution in [2.75, 3.05) is 51.5 Å². The average Bonchev–Trinajstić information content (AvgIpc) is 3.98. The Morgan fingerprint density at radius 2 is 1.32 bits per heavy atom. The predicted octanol–water partition coefficient (Wildman–Crippen LogP) is 10.6. The minimum absolute atomic E-state index is 0.0605. The second-order valence-electron chi connectivity index (χ2n) is 16.2. The molecule has 4 N–H and O–H groups in total. The number of thiazole rings is 1. The number of hydrogen-bond acceptors (Lipinski definition) is 7. The van der Waals surface area contributed by atoms with Crippen molar-refractivity contribution >= 4 is 74.4 Å². The number of rotatable bonds is 12. The molecule has 0 radical (unpaired) electrons. The van der Waals surface area contributed by atoms with Crippen LogP contribution in [0.4, 0.5) is 5.13 Å². The van der Waals surface area contributed by atoms with Crippen LogP contribution in [0.1, 0.15) is 120 Å². The zero-order valence-electron chi connectivity index (χ0n) is 33.5. The zero-order chi connectivity index (χ0) is 40.0. The first-order valence-electron chi connectivity index (χ1n) is 20.8. The number of carbonyl (C=O) groups excluding carboxylic acids is 1. The van der Waals surface area contributed by atoms with E-state index in [0.717, 1.165) is 73.0 Å². The van der Waals surface area contributed by atoms with Gasteiger partial charge in [0, 0.05) is 46.0 Å². The fourth-order valence-corrected chi connectivity index (χ4v) is 10.8. The number of nitrogens with two attached hydrogens (primary N) is 1. The highest BCUT2D eigenvalue weighted by molar-refractivity contribution is 7.80. The third-order valence-electron chi connectivity index (χ3n) is 12.7. The van der Waals surface area contributed by atoms with Crippen molar-refractivity contribution in [2.24, 2.45) is 5.73 Å². The molecule has 2 aliphatic heterocycles. The number of nitrogens with one attached hydrogen (secondary N) is 2. The van der Waals surface area contributed by atoms with Gasteiger partial charge in [0.1, 0.15) is 0 Å². The van der Waals surface area contributed by atoms with Crippen LogP contribution in [0.5, 0.6) is 0 Å². The molecule has 3 aromatic rings. The van der Waals surface area contributed by atoms with Gasteiger partial charge in [0.15, 0.2) is 16.0 Å². The lowest BCUT2D eigenvalue weighted by Crippen LogP contribution is -2.38. The fourth-order valence-electron chi connectivity index (χ4n) is 9.37. The molecule has 2 saturated heterocycles. The molecule has 0 bridgehead atoms. The Balaban J connectivity index is 0.000000177. The number of hydrogen-bond donors (Lipinski definition) is 3. The Morgan fingerprint density at radius 1 is 0.804 bits per heavy atom. The number of Topliss-reactive ketones (excluding diaryl/α,β-unsaturated/α-hetero) is 1. The summed E-state index contributed by atoms with van der Waals surface area (Å²) >= 11 is 24.3. The lowest BCUT2D eigenvalue weighted by atomic mass is 9.67. The summed E-state index contributed by atoms with van der Waals surface area (Å²) in [5.74, 6) is 0.254. The van der Waals surface area contributed by atoms with E-state index in [2.05, 4.69) is 52.0 Å². The maximum Gasteiger partial charge on any atom is 0.182 e.